The molecule has 0 bridgehead atoms. The quantitative estimate of drug-likeness (QED) is 0.887. The normalized spacial score (nSPS) is 17.8. The lowest BCUT2D eigenvalue weighted by Gasteiger charge is -2.35. The molecule has 3 rings (SSSR count). The van der Waals surface area contributed by atoms with E-state index in [9.17, 15) is 13.5 Å². The van der Waals surface area contributed by atoms with Crippen molar-refractivity contribution in [3.05, 3.63) is 64.2 Å². The van der Waals surface area contributed by atoms with Crippen LogP contribution >= 0.6 is 11.6 Å². The third kappa shape index (κ3) is 4.23. The molecule has 1 heterocycles. The lowest BCUT2D eigenvalue weighted by atomic mass is 9.93. The molecule has 1 aliphatic heterocycles. The maximum atomic E-state index is 11.6. The van der Waals surface area contributed by atoms with Crippen LogP contribution in [0.1, 0.15) is 23.6 Å². The highest BCUT2D eigenvalue weighted by Gasteiger charge is 2.28. The second kappa shape index (κ2) is 6.72. The van der Waals surface area contributed by atoms with Crippen LogP contribution in [0.2, 0.25) is 5.02 Å². The number of β-amino-alcohol motifs (C(OH)–C–C–N with tert-alkyl or cyclic N) is 1. The summed E-state index contributed by atoms with van der Waals surface area (Å²) in [6, 6.07) is 12.4. The molecule has 1 N–H and O–H groups in total. The van der Waals surface area contributed by atoms with Crippen molar-refractivity contribution in [2.24, 2.45) is 0 Å². The van der Waals surface area contributed by atoms with Crippen LogP contribution in [-0.4, -0.2) is 37.8 Å². The first-order chi connectivity index (χ1) is 11.6. The standard InChI is InChI=1S/C19H22ClNO3S/c1-19(22,16-4-7-18(8-5-16)25(2,23)24)13-21-10-9-14-3-6-17(20)11-15(14)12-21/h3-8,11,22H,9-10,12-13H2,1-2H3. The predicted molar refractivity (Wildman–Crippen MR) is 99.6 cm³/mol. The molecule has 0 aromatic heterocycles. The van der Waals surface area contributed by atoms with Crippen molar-refractivity contribution in [2.75, 3.05) is 19.3 Å². The number of benzene rings is 2. The summed E-state index contributed by atoms with van der Waals surface area (Å²) in [5, 5.41) is 11.6. The van der Waals surface area contributed by atoms with E-state index in [1.165, 1.54) is 17.4 Å². The predicted octanol–water partition coefficient (Wildman–Crippen LogP) is 3.01. The Kier molecular flexibility index (Phi) is 4.95. The molecule has 2 aromatic carbocycles. The van der Waals surface area contributed by atoms with Gasteiger partial charge in [-0.25, -0.2) is 8.42 Å². The second-order valence-electron chi connectivity index (χ2n) is 6.94. The number of halogens is 1. The van der Waals surface area contributed by atoms with Crippen LogP contribution in [0.25, 0.3) is 0 Å². The van der Waals surface area contributed by atoms with Crippen molar-refractivity contribution < 1.29 is 13.5 Å². The average Bonchev–Trinajstić information content (AvgIpc) is 2.53. The van der Waals surface area contributed by atoms with Gasteiger partial charge < -0.3 is 5.11 Å². The number of sulfone groups is 1. The third-order valence-corrected chi connectivity index (χ3v) is 6.06. The van der Waals surface area contributed by atoms with Gasteiger partial charge in [-0.2, -0.15) is 0 Å². The van der Waals surface area contributed by atoms with E-state index in [4.69, 9.17) is 11.6 Å². The Morgan fingerprint density at radius 3 is 2.48 bits per heavy atom. The Morgan fingerprint density at radius 2 is 1.84 bits per heavy atom. The van der Waals surface area contributed by atoms with E-state index in [-0.39, 0.29) is 4.90 Å². The maximum absolute atomic E-state index is 11.6. The lowest BCUT2D eigenvalue weighted by Crippen LogP contribution is -2.41. The molecule has 25 heavy (non-hydrogen) atoms. The van der Waals surface area contributed by atoms with Crippen molar-refractivity contribution in [3.8, 4) is 0 Å². The van der Waals surface area contributed by atoms with Gasteiger partial charge in [-0.05, 0) is 54.3 Å². The summed E-state index contributed by atoms with van der Waals surface area (Å²) in [6.45, 7) is 3.84. The van der Waals surface area contributed by atoms with E-state index in [1.54, 1.807) is 31.2 Å². The lowest BCUT2D eigenvalue weighted by molar-refractivity contribution is 0.0117. The maximum Gasteiger partial charge on any atom is 0.175 e. The van der Waals surface area contributed by atoms with Crippen molar-refractivity contribution in [3.63, 3.8) is 0 Å². The molecule has 0 spiro atoms. The first kappa shape index (κ1) is 18.4. The largest absolute Gasteiger partial charge is 0.384 e. The highest BCUT2D eigenvalue weighted by Crippen LogP contribution is 2.28. The Bertz CT molecular complexity index is 876. The zero-order valence-electron chi connectivity index (χ0n) is 14.4. The fraction of sp³-hybridized carbons (Fsp3) is 0.368. The van der Waals surface area contributed by atoms with E-state index in [2.05, 4.69) is 11.0 Å². The Labute approximate surface area is 154 Å². The topological polar surface area (TPSA) is 57.6 Å². The first-order valence-corrected chi connectivity index (χ1v) is 10.4. The van der Waals surface area contributed by atoms with Crippen LogP contribution < -0.4 is 0 Å². The smallest absolute Gasteiger partial charge is 0.175 e. The van der Waals surface area contributed by atoms with Gasteiger partial charge in [0.2, 0.25) is 0 Å². The second-order valence-corrected chi connectivity index (χ2v) is 9.40. The van der Waals surface area contributed by atoms with Crippen LogP contribution in [0.4, 0.5) is 0 Å². The Hall–Kier alpha value is -1.40. The number of fused-ring (bicyclic) bond motifs is 1. The van der Waals surface area contributed by atoms with Gasteiger partial charge in [-0.3, -0.25) is 4.90 Å². The molecule has 1 atom stereocenters. The fourth-order valence-electron chi connectivity index (χ4n) is 3.31. The zero-order chi connectivity index (χ0) is 18.2. The first-order valence-electron chi connectivity index (χ1n) is 8.18. The molecular weight excluding hydrogens is 358 g/mol. The van der Waals surface area contributed by atoms with Gasteiger partial charge in [-0.1, -0.05) is 29.8 Å². The molecule has 0 fully saturated rings. The molecule has 1 aliphatic rings. The summed E-state index contributed by atoms with van der Waals surface area (Å²) in [6.07, 6.45) is 2.10. The van der Waals surface area contributed by atoms with Crippen molar-refractivity contribution >= 4 is 21.4 Å². The minimum Gasteiger partial charge on any atom is -0.384 e. The number of aliphatic hydroxyl groups is 1. The Morgan fingerprint density at radius 1 is 1.16 bits per heavy atom. The van der Waals surface area contributed by atoms with E-state index in [0.717, 1.165) is 24.5 Å². The number of hydrogen-bond donors (Lipinski definition) is 1. The molecule has 2 aromatic rings. The van der Waals surface area contributed by atoms with Crippen LogP contribution in [0.3, 0.4) is 0 Å². The fourth-order valence-corrected chi connectivity index (χ4v) is 4.13. The van der Waals surface area contributed by atoms with Gasteiger partial charge in [0.25, 0.3) is 0 Å². The van der Waals surface area contributed by atoms with Gasteiger partial charge in [0, 0.05) is 30.9 Å². The summed E-state index contributed by atoms with van der Waals surface area (Å²) < 4.78 is 23.1. The van der Waals surface area contributed by atoms with Gasteiger partial charge in [0.05, 0.1) is 10.5 Å². The van der Waals surface area contributed by atoms with Crippen molar-refractivity contribution in [1.82, 2.24) is 4.90 Å². The van der Waals surface area contributed by atoms with E-state index in [1.807, 2.05) is 12.1 Å². The van der Waals surface area contributed by atoms with E-state index < -0.39 is 15.4 Å². The molecule has 0 amide bonds. The molecule has 4 nitrogen and oxygen atoms in total. The van der Waals surface area contributed by atoms with Gasteiger partial charge in [-0.15, -0.1) is 0 Å². The minimum atomic E-state index is -3.23. The zero-order valence-corrected chi connectivity index (χ0v) is 15.9. The molecule has 0 saturated heterocycles. The van der Waals surface area contributed by atoms with Crippen LogP contribution in [0.5, 0.6) is 0 Å². The van der Waals surface area contributed by atoms with E-state index in [0.29, 0.717) is 12.1 Å². The van der Waals surface area contributed by atoms with Gasteiger partial charge in [0.15, 0.2) is 9.84 Å². The summed E-state index contributed by atoms with van der Waals surface area (Å²) in [7, 11) is -3.23. The molecule has 0 saturated carbocycles. The molecular formula is C19H22ClNO3S. The van der Waals surface area contributed by atoms with Gasteiger partial charge >= 0.3 is 0 Å². The van der Waals surface area contributed by atoms with E-state index >= 15 is 0 Å². The van der Waals surface area contributed by atoms with Crippen LogP contribution in [0, 0.1) is 0 Å². The summed E-state index contributed by atoms with van der Waals surface area (Å²) in [5.74, 6) is 0. The SMILES string of the molecule is CC(O)(CN1CCc2ccc(Cl)cc2C1)c1ccc(S(C)(=O)=O)cc1. The number of rotatable bonds is 4. The molecule has 6 heteroatoms. The molecule has 0 radical (unpaired) electrons. The molecule has 1 unspecified atom stereocenters. The Balaban J connectivity index is 1.75. The third-order valence-electron chi connectivity index (χ3n) is 4.70. The molecule has 134 valence electrons. The molecule has 0 aliphatic carbocycles. The highest BCUT2D eigenvalue weighted by atomic mass is 35.5. The highest BCUT2D eigenvalue weighted by molar-refractivity contribution is 7.90. The number of hydrogen-bond acceptors (Lipinski definition) is 4. The van der Waals surface area contributed by atoms with Crippen molar-refractivity contribution in [1.29, 1.82) is 0 Å². The summed E-state index contributed by atoms with van der Waals surface area (Å²) >= 11 is 6.09. The summed E-state index contributed by atoms with van der Waals surface area (Å²) in [5.41, 5.74) is 2.14. The summed E-state index contributed by atoms with van der Waals surface area (Å²) in [4.78, 5) is 2.46. The van der Waals surface area contributed by atoms with Gasteiger partial charge in [0.1, 0.15) is 0 Å². The van der Waals surface area contributed by atoms with Crippen LogP contribution in [0.15, 0.2) is 47.4 Å². The average molecular weight is 380 g/mol. The monoisotopic (exact) mass is 379 g/mol. The minimum absolute atomic E-state index is 0.258. The van der Waals surface area contributed by atoms with Crippen LogP contribution in [-0.2, 0) is 28.4 Å². The number of nitrogens with zero attached hydrogens (tertiary/aromatic N) is 1. The van der Waals surface area contributed by atoms with Crippen molar-refractivity contribution in [2.45, 2.75) is 30.4 Å².